The Morgan fingerprint density at radius 3 is 3.17 bits per heavy atom. The third-order valence-electron chi connectivity index (χ3n) is 3.05. The number of nitrogens with one attached hydrogen (secondary N) is 1. The molecular weight excluding hydrogens is 256 g/mol. The number of aliphatic hydroxyl groups excluding tert-OH is 2. The zero-order chi connectivity index (χ0) is 12.7. The largest absolute Gasteiger partial charge is 0.394 e. The summed E-state index contributed by atoms with van der Waals surface area (Å²) >= 11 is 5.22. The summed E-state index contributed by atoms with van der Waals surface area (Å²) in [6, 6.07) is 0. The Morgan fingerprint density at radius 2 is 2.44 bits per heavy atom. The van der Waals surface area contributed by atoms with Gasteiger partial charge in [-0.1, -0.05) is 0 Å². The molecule has 0 unspecified atom stereocenters. The maximum atomic E-state index is 9.75. The summed E-state index contributed by atoms with van der Waals surface area (Å²) in [7, 11) is 0. The van der Waals surface area contributed by atoms with Crippen molar-refractivity contribution in [1.29, 1.82) is 0 Å². The summed E-state index contributed by atoms with van der Waals surface area (Å²) in [5.74, 6) is 0. The van der Waals surface area contributed by atoms with Crippen molar-refractivity contribution in [2.24, 2.45) is 0 Å². The van der Waals surface area contributed by atoms with E-state index in [1.54, 1.807) is 10.8 Å². The van der Waals surface area contributed by atoms with E-state index in [4.69, 9.17) is 22.1 Å². The van der Waals surface area contributed by atoms with Crippen molar-refractivity contribution in [3.05, 3.63) is 17.3 Å². The molecule has 2 aromatic rings. The van der Waals surface area contributed by atoms with Gasteiger partial charge in [0, 0.05) is 6.42 Å². The monoisotopic (exact) mass is 268 g/mol. The molecule has 3 N–H and O–H groups in total. The lowest BCUT2D eigenvalue weighted by Gasteiger charge is -2.13. The van der Waals surface area contributed by atoms with Crippen LogP contribution in [-0.2, 0) is 4.74 Å². The Labute approximate surface area is 107 Å². The molecule has 0 radical (unpaired) electrons. The highest BCUT2D eigenvalue weighted by atomic mass is 32.1. The molecule has 7 nitrogen and oxygen atoms in total. The normalized spacial score (nSPS) is 28.0. The SMILES string of the molecule is OC[C@@H]1O[C@@H](n2c(=S)[nH]c3cncnc32)C[C@H]1O. The minimum atomic E-state index is -0.700. The molecule has 1 fully saturated rings. The van der Waals surface area contributed by atoms with Crippen LogP contribution in [0.25, 0.3) is 11.2 Å². The highest BCUT2D eigenvalue weighted by Gasteiger charge is 2.35. The molecule has 3 atom stereocenters. The fraction of sp³-hybridized carbons (Fsp3) is 0.500. The number of aromatic amines is 1. The second-order valence-electron chi connectivity index (χ2n) is 4.17. The van der Waals surface area contributed by atoms with Gasteiger partial charge in [-0.15, -0.1) is 0 Å². The van der Waals surface area contributed by atoms with E-state index in [2.05, 4.69) is 15.0 Å². The summed E-state index contributed by atoms with van der Waals surface area (Å²) in [6.45, 7) is -0.220. The maximum Gasteiger partial charge on any atom is 0.181 e. The number of H-pyrrole nitrogens is 1. The van der Waals surface area contributed by atoms with Crippen molar-refractivity contribution in [2.75, 3.05) is 6.61 Å². The van der Waals surface area contributed by atoms with Crippen LogP contribution in [0.5, 0.6) is 0 Å². The van der Waals surface area contributed by atoms with Crippen LogP contribution in [0.1, 0.15) is 12.6 Å². The van der Waals surface area contributed by atoms with Gasteiger partial charge >= 0.3 is 0 Å². The molecule has 3 rings (SSSR count). The molecule has 0 saturated carbocycles. The number of imidazole rings is 1. The standard InChI is InChI=1S/C10H12N4O3S/c15-3-7-6(16)1-8(17-7)14-9-5(13-10(14)18)2-11-4-12-9/h2,4,6-8,15-16H,1,3H2,(H,13,18)/t6-,7+,8-/m1/s1. The summed E-state index contributed by atoms with van der Waals surface area (Å²) in [5.41, 5.74) is 1.35. The van der Waals surface area contributed by atoms with Crippen LogP contribution < -0.4 is 0 Å². The minimum Gasteiger partial charge on any atom is -0.394 e. The molecule has 3 heterocycles. The number of ether oxygens (including phenoxy) is 1. The van der Waals surface area contributed by atoms with Gasteiger partial charge in [0.25, 0.3) is 0 Å². The first-order chi connectivity index (χ1) is 8.70. The van der Waals surface area contributed by atoms with Crippen LogP contribution in [0.4, 0.5) is 0 Å². The fourth-order valence-electron chi connectivity index (χ4n) is 2.18. The average Bonchev–Trinajstić information content (AvgIpc) is 2.88. The molecule has 96 valence electrons. The van der Waals surface area contributed by atoms with E-state index in [9.17, 15) is 5.11 Å². The second kappa shape index (κ2) is 4.39. The molecule has 18 heavy (non-hydrogen) atoms. The van der Waals surface area contributed by atoms with Gasteiger partial charge in [0.1, 0.15) is 24.2 Å². The molecule has 8 heteroatoms. The first-order valence-corrected chi connectivity index (χ1v) is 5.96. The Morgan fingerprint density at radius 1 is 1.61 bits per heavy atom. The second-order valence-corrected chi connectivity index (χ2v) is 4.56. The molecule has 0 amide bonds. The number of hydrogen-bond donors (Lipinski definition) is 3. The number of nitrogens with zero attached hydrogens (tertiary/aromatic N) is 3. The van der Waals surface area contributed by atoms with Crippen molar-refractivity contribution in [1.82, 2.24) is 19.5 Å². The highest BCUT2D eigenvalue weighted by Crippen LogP contribution is 2.30. The van der Waals surface area contributed by atoms with Crippen LogP contribution in [0.3, 0.4) is 0 Å². The van der Waals surface area contributed by atoms with Gasteiger partial charge in [-0.05, 0) is 12.2 Å². The van der Waals surface area contributed by atoms with Gasteiger partial charge in [-0.3, -0.25) is 4.57 Å². The summed E-state index contributed by atoms with van der Waals surface area (Å²) in [5, 5.41) is 18.8. The van der Waals surface area contributed by atoms with E-state index in [-0.39, 0.29) is 6.61 Å². The Kier molecular flexibility index (Phi) is 2.86. The van der Waals surface area contributed by atoms with Gasteiger partial charge < -0.3 is 19.9 Å². The number of rotatable bonds is 2. The zero-order valence-corrected chi connectivity index (χ0v) is 10.2. The number of fused-ring (bicyclic) bond motifs is 1. The Hall–Kier alpha value is -1.35. The van der Waals surface area contributed by atoms with E-state index in [0.29, 0.717) is 22.4 Å². The van der Waals surface area contributed by atoms with Gasteiger partial charge in [-0.25, -0.2) is 9.97 Å². The fourth-order valence-corrected chi connectivity index (χ4v) is 2.49. The summed E-state index contributed by atoms with van der Waals surface area (Å²) in [4.78, 5) is 11.0. The molecule has 2 aromatic heterocycles. The third kappa shape index (κ3) is 1.74. The predicted octanol–water partition coefficient (Wildman–Crippen LogP) is 0.130. The predicted molar refractivity (Wildman–Crippen MR) is 64.3 cm³/mol. The topological polar surface area (TPSA) is 96.2 Å². The van der Waals surface area contributed by atoms with Crippen LogP contribution in [-0.4, -0.2) is 48.5 Å². The van der Waals surface area contributed by atoms with Crippen LogP contribution in [0.2, 0.25) is 0 Å². The lowest BCUT2D eigenvalue weighted by molar-refractivity contribution is -0.0436. The minimum absolute atomic E-state index is 0.220. The molecule has 1 saturated heterocycles. The lowest BCUT2D eigenvalue weighted by Crippen LogP contribution is -2.24. The van der Waals surface area contributed by atoms with E-state index >= 15 is 0 Å². The smallest absolute Gasteiger partial charge is 0.181 e. The van der Waals surface area contributed by atoms with Crippen LogP contribution in [0.15, 0.2) is 12.5 Å². The molecular formula is C10H12N4O3S. The van der Waals surface area contributed by atoms with E-state index in [1.807, 2.05) is 0 Å². The summed E-state index contributed by atoms with van der Waals surface area (Å²) < 4.78 is 7.73. The quantitative estimate of drug-likeness (QED) is 0.670. The average molecular weight is 268 g/mol. The zero-order valence-electron chi connectivity index (χ0n) is 9.35. The first-order valence-electron chi connectivity index (χ1n) is 5.55. The van der Waals surface area contributed by atoms with E-state index < -0.39 is 18.4 Å². The van der Waals surface area contributed by atoms with Crippen molar-refractivity contribution >= 4 is 23.4 Å². The molecule has 0 spiro atoms. The molecule has 1 aliphatic rings. The lowest BCUT2D eigenvalue weighted by atomic mass is 10.2. The highest BCUT2D eigenvalue weighted by molar-refractivity contribution is 7.71. The van der Waals surface area contributed by atoms with Crippen LogP contribution in [0, 0.1) is 4.77 Å². The van der Waals surface area contributed by atoms with Crippen molar-refractivity contribution in [3.63, 3.8) is 0 Å². The van der Waals surface area contributed by atoms with Crippen molar-refractivity contribution < 1.29 is 14.9 Å². The first kappa shape index (κ1) is 11.7. The van der Waals surface area contributed by atoms with Crippen LogP contribution >= 0.6 is 12.2 Å². The van der Waals surface area contributed by atoms with Gasteiger partial charge in [0.05, 0.1) is 18.9 Å². The Bertz CT molecular complexity index is 625. The van der Waals surface area contributed by atoms with Gasteiger partial charge in [0.15, 0.2) is 10.4 Å². The molecule has 0 bridgehead atoms. The maximum absolute atomic E-state index is 9.75. The van der Waals surface area contributed by atoms with Gasteiger partial charge in [0.2, 0.25) is 0 Å². The Balaban J connectivity index is 2.05. The third-order valence-corrected chi connectivity index (χ3v) is 3.35. The van der Waals surface area contributed by atoms with Gasteiger partial charge in [-0.2, -0.15) is 0 Å². The molecule has 0 aromatic carbocycles. The van der Waals surface area contributed by atoms with E-state index in [1.165, 1.54) is 6.33 Å². The molecule has 0 aliphatic carbocycles. The number of aliphatic hydroxyl groups is 2. The van der Waals surface area contributed by atoms with Crippen molar-refractivity contribution in [3.8, 4) is 0 Å². The number of hydrogen-bond acceptors (Lipinski definition) is 6. The summed E-state index contributed by atoms with van der Waals surface area (Å²) in [6.07, 6.45) is 1.72. The van der Waals surface area contributed by atoms with E-state index in [0.717, 1.165) is 0 Å². The van der Waals surface area contributed by atoms with Crippen molar-refractivity contribution in [2.45, 2.75) is 24.9 Å². The molecule has 1 aliphatic heterocycles. The number of aromatic nitrogens is 4.